The summed E-state index contributed by atoms with van der Waals surface area (Å²) in [5.41, 5.74) is 3.42. The molecule has 0 aliphatic carbocycles. The van der Waals surface area contributed by atoms with Gasteiger partial charge in [0, 0.05) is 12.2 Å². The Morgan fingerprint density at radius 1 is 1.25 bits per heavy atom. The van der Waals surface area contributed by atoms with Crippen LogP contribution in [0.2, 0.25) is 0 Å². The SMILES string of the molecule is Cc1ccc(C#N)c(NCCc2ccc(F)cc2C)n1. The first-order chi connectivity index (χ1) is 9.60. The van der Waals surface area contributed by atoms with Crippen molar-refractivity contribution in [3.8, 4) is 6.07 Å². The van der Waals surface area contributed by atoms with E-state index in [4.69, 9.17) is 5.26 Å². The summed E-state index contributed by atoms with van der Waals surface area (Å²) < 4.78 is 13.0. The summed E-state index contributed by atoms with van der Waals surface area (Å²) in [6.45, 7) is 4.43. The van der Waals surface area contributed by atoms with Gasteiger partial charge in [-0.15, -0.1) is 0 Å². The third-order valence-electron chi connectivity index (χ3n) is 3.15. The molecule has 0 atom stereocenters. The van der Waals surface area contributed by atoms with Gasteiger partial charge in [0.05, 0.1) is 5.56 Å². The first-order valence-electron chi connectivity index (χ1n) is 6.47. The molecule has 0 amide bonds. The average Bonchev–Trinajstić information content (AvgIpc) is 2.41. The highest BCUT2D eigenvalue weighted by Gasteiger charge is 2.04. The Morgan fingerprint density at radius 3 is 2.75 bits per heavy atom. The number of benzene rings is 1. The van der Waals surface area contributed by atoms with E-state index in [0.717, 1.165) is 23.2 Å². The van der Waals surface area contributed by atoms with Crippen molar-refractivity contribution in [2.45, 2.75) is 20.3 Å². The molecule has 3 nitrogen and oxygen atoms in total. The van der Waals surface area contributed by atoms with Crippen molar-refractivity contribution in [1.82, 2.24) is 4.98 Å². The van der Waals surface area contributed by atoms with Crippen LogP contribution in [-0.2, 0) is 6.42 Å². The maximum Gasteiger partial charge on any atom is 0.144 e. The fourth-order valence-corrected chi connectivity index (χ4v) is 2.04. The van der Waals surface area contributed by atoms with Crippen LogP contribution >= 0.6 is 0 Å². The molecule has 2 rings (SSSR count). The standard InChI is InChI=1S/C16H16FN3/c1-11-9-15(17)6-5-13(11)7-8-19-16-14(10-18)4-3-12(2)20-16/h3-6,9H,7-8H2,1-2H3,(H,19,20). The van der Waals surface area contributed by atoms with Gasteiger partial charge in [-0.05, 0) is 55.7 Å². The molecule has 2 aromatic rings. The normalized spacial score (nSPS) is 10.1. The summed E-state index contributed by atoms with van der Waals surface area (Å²) in [5, 5.41) is 12.2. The summed E-state index contributed by atoms with van der Waals surface area (Å²) in [4.78, 5) is 4.32. The molecule has 1 N–H and O–H groups in total. The molecular formula is C16H16FN3. The number of hydrogen-bond acceptors (Lipinski definition) is 3. The fourth-order valence-electron chi connectivity index (χ4n) is 2.04. The van der Waals surface area contributed by atoms with Crippen molar-refractivity contribution in [2.75, 3.05) is 11.9 Å². The zero-order valence-electron chi connectivity index (χ0n) is 11.6. The number of nitrogens with zero attached hydrogens (tertiary/aromatic N) is 2. The molecule has 4 heteroatoms. The summed E-state index contributed by atoms with van der Waals surface area (Å²) in [7, 11) is 0. The van der Waals surface area contributed by atoms with Gasteiger partial charge in [-0.2, -0.15) is 5.26 Å². The summed E-state index contributed by atoms with van der Waals surface area (Å²) in [5.74, 6) is 0.388. The molecule has 20 heavy (non-hydrogen) atoms. The van der Waals surface area contributed by atoms with E-state index >= 15 is 0 Å². The van der Waals surface area contributed by atoms with E-state index < -0.39 is 0 Å². The van der Waals surface area contributed by atoms with Gasteiger partial charge in [0.2, 0.25) is 0 Å². The molecule has 0 fully saturated rings. The highest BCUT2D eigenvalue weighted by molar-refractivity contribution is 5.52. The molecule has 0 unspecified atom stereocenters. The third-order valence-corrected chi connectivity index (χ3v) is 3.15. The predicted molar refractivity (Wildman–Crippen MR) is 77.0 cm³/mol. The van der Waals surface area contributed by atoms with Gasteiger partial charge in [-0.1, -0.05) is 6.07 Å². The van der Waals surface area contributed by atoms with Crippen molar-refractivity contribution < 1.29 is 4.39 Å². The number of halogens is 1. The van der Waals surface area contributed by atoms with Crippen LogP contribution in [0.4, 0.5) is 10.2 Å². The number of hydrogen-bond donors (Lipinski definition) is 1. The summed E-state index contributed by atoms with van der Waals surface area (Å²) >= 11 is 0. The van der Waals surface area contributed by atoms with Crippen molar-refractivity contribution in [3.05, 3.63) is 58.5 Å². The Hall–Kier alpha value is -2.41. The van der Waals surface area contributed by atoms with Gasteiger partial charge in [-0.3, -0.25) is 0 Å². The Bertz CT molecular complexity index is 659. The van der Waals surface area contributed by atoms with Crippen molar-refractivity contribution in [1.29, 1.82) is 5.26 Å². The van der Waals surface area contributed by atoms with Crippen molar-refractivity contribution >= 4 is 5.82 Å². The largest absolute Gasteiger partial charge is 0.369 e. The van der Waals surface area contributed by atoms with E-state index in [2.05, 4.69) is 16.4 Å². The van der Waals surface area contributed by atoms with Crippen LogP contribution in [0, 0.1) is 31.0 Å². The molecule has 1 heterocycles. The van der Waals surface area contributed by atoms with Gasteiger partial charge >= 0.3 is 0 Å². The maximum absolute atomic E-state index is 13.0. The minimum Gasteiger partial charge on any atom is -0.369 e. The first-order valence-corrected chi connectivity index (χ1v) is 6.47. The van der Waals surface area contributed by atoms with E-state index in [0.29, 0.717) is 17.9 Å². The summed E-state index contributed by atoms with van der Waals surface area (Å²) in [6, 6.07) is 10.5. The van der Waals surface area contributed by atoms with Crippen LogP contribution in [0.5, 0.6) is 0 Å². The number of anilines is 1. The molecule has 0 saturated carbocycles. The number of nitriles is 1. The predicted octanol–water partition coefficient (Wildman–Crippen LogP) is 3.36. The second-order valence-electron chi connectivity index (χ2n) is 4.71. The smallest absolute Gasteiger partial charge is 0.144 e. The molecule has 1 aromatic carbocycles. The van der Waals surface area contributed by atoms with E-state index in [1.807, 2.05) is 19.9 Å². The molecule has 0 bridgehead atoms. The Balaban J connectivity index is 2.03. The lowest BCUT2D eigenvalue weighted by Gasteiger charge is -2.09. The Labute approximate surface area is 118 Å². The Morgan fingerprint density at radius 2 is 2.05 bits per heavy atom. The first kappa shape index (κ1) is 14.0. The molecule has 0 aliphatic heterocycles. The van der Waals surface area contributed by atoms with Crippen LogP contribution in [-0.4, -0.2) is 11.5 Å². The molecule has 0 radical (unpaired) electrons. The Kier molecular flexibility index (Phi) is 4.31. The lowest BCUT2D eigenvalue weighted by atomic mass is 10.1. The van der Waals surface area contributed by atoms with Crippen LogP contribution in [0.3, 0.4) is 0 Å². The minimum atomic E-state index is -0.216. The zero-order valence-corrected chi connectivity index (χ0v) is 11.6. The highest BCUT2D eigenvalue weighted by Crippen LogP contribution is 2.14. The van der Waals surface area contributed by atoms with Gasteiger partial charge in [-0.25, -0.2) is 9.37 Å². The van der Waals surface area contributed by atoms with Crippen LogP contribution in [0.25, 0.3) is 0 Å². The van der Waals surface area contributed by atoms with E-state index in [9.17, 15) is 4.39 Å². The van der Waals surface area contributed by atoms with Crippen LogP contribution in [0.15, 0.2) is 30.3 Å². The highest BCUT2D eigenvalue weighted by atomic mass is 19.1. The molecule has 0 aliphatic rings. The van der Waals surface area contributed by atoms with Crippen LogP contribution in [0.1, 0.15) is 22.4 Å². The fraction of sp³-hybridized carbons (Fsp3) is 0.250. The topological polar surface area (TPSA) is 48.7 Å². The van der Waals surface area contributed by atoms with E-state index in [1.165, 1.54) is 12.1 Å². The number of aryl methyl sites for hydroxylation is 2. The van der Waals surface area contributed by atoms with Gasteiger partial charge in [0.15, 0.2) is 0 Å². The molecule has 1 aromatic heterocycles. The van der Waals surface area contributed by atoms with Crippen LogP contribution < -0.4 is 5.32 Å². The maximum atomic E-state index is 13.0. The van der Waals surface area contributed by atoms with E-state index in [-0.39, 0.29) is 5.82 Å². The van der Waals surface area contributed by atoms with Crippen molar-refractivity contribution in [2.24, 2.45) is 0 Å². The molecular weight excluding hydrogens is 253 g/mol. The third kappa shape index (κ3) is 3.33. The monoisotopic (exact) mass is 269 g/mol. The molecule has 0 saturated heterocycles. The second-order valence-corrected chi connectivity index (χ2v) is 4.71. The molecule has 102 valence electrons. The number of pyridine rings is 1. The minimum absolute atomic E-state index is 0.216. The van der Waals surface area contributed by atoms with Gasteiger partial charge in [0.25, 0.3) is 0 Å². The second kappa shape index (κ2) is 6.16. The van der Waals surface area contributed by atoms with Gasteiger partial charge < -0.3 is 5.32 Å². The lowest BCUT2D eigenvalue weighted by Crippen LogP contribution is -2.09. The van der Waals surface area contributed by atoms with E-state index in [1.54, 1.807) is 12.1 Å². The number of rotatable bonds is 4. The summed E-state index contributed by atoms with van der Waals surface area (Å²) in [6.07, 6.45) is 0.757. The number of nitrogens with one attached hydrogen (secondary N) is 1. The van der Waals surface area contributed by atoms with Crippen molar-refractivity contribution in [3.63, 3.8) is 0 Å². The quantitative estimate of drug-likeness (QED) is 0.925. The zero-order chi connectivity index (χ0) is 14.5. The van der Waals surface area contributed by atoms with Gasteiger partial charge in [0.1, 0.15) is 17.7 Å². The lowest BCUT2D eigenvalue weighted by molar-refractivity contribution is 0.625. The number of aromatic nitrogens is 1. The molecule has 0 spiro atoms. The average molecular weight is 269 g/mol.